The molecule has 0 saturated carbocycles. The Balaban J connectivity index is 1.81. The van der Waals surface area contributed by atoms with E-state index in [0.717, 1.165) is 16.8 Å². The van der Waals surface area contributed by atoms with Gasteiger partial charge in [0.15, 0.2) is 0 Å². The van der Waals surface area contributed by atoms with Crippen LogP contribution in [0.1, 0.15) is 46.6 Å². The van der Waals surface area contributed by atoms with E-state index in [2.05, 4.69) is 20.9 Å². The molecule has 0 saturated heterocycles. The highest BCUT2D eigenvalue weighted by Crippen LogP contribution is 2.18. The van der Waals surface area contributed by atoms with Gasteiger partial charge < -0.3 is 25.8 Å². The van der Waals surface area contributed by atoms with Crippen LogP contribution >= 0.6 is 0 Å². The van der Waals surface area contributed by atoms with Gasteiger partial charge in [-0.15, -0.1) is 0 Å². The first-order valence-electron chi connectivity index (χ1n) is 12.1. The molecule has 0 fully saturated rings. The van der Waals surface area contributed by atoms with Crippen LogP contribution in [-0.2, 0) is 20.7 Å². The van der Waals surface area contributed by atoms with Crippen molar-refractivity contribution in [1.29, 1.82) is 0 Å². The van der Waals surface area contributed by atoms with Crippen molar-refractivity contribution in [1.82, 2.24) is 20.9 Å². The summed E-state index contributed by atoms with van der Waals surface area (Å²) in [5, 5.41) is 18.2. The predicted octanol–water partition coefficient (Wildman–Crippen LogP) is 2.82. The van der Waals surface area contributed by atoms with E-state index in [4.69, 9.17) is 4.74 Å². The zero-order valence-electron chi connectivity index (χ0n) is 21.7. The van der Waals surface area contributed by atoms with Crippen molar-refractivity contribution in [2.45, 2.75) is 65.2 Å². The van der Waals surface area contributed by atoms with Crippen LogP contribution in [-0.4, -0.2) is 58.8 Å². The average molecular weight is 499 g/mol. The zero-order chi connectivity index (χ0) is 26.7. The number of pyridine rings is 1. The number of aliphatic hydroxyl groups is 1. The Hall–Kier alpha value is -3.46. The number of ether oxygens (including phenoxy) is 1. The van der Waals surface area contributed by atoms with Crippen LogP contribution in [0.5, 0.6) is 0 Å². The molecule has 1 heterocycles. The molecule has 9 nitrogen and oxygen atoms in total. The van der Waals surface area contributed by atoms with Crippen molar-refractivity contribution in [2.24, 2.45) is 5.92 Å². The second-order valence-electron chi connectivity index (χ2n) is 10.1. The average Bonchev–Trinajstić information content (AvgIpc) is 2.80. The summed E-state index contributed by atoms with van der Waals surface area (Å²) in [6, 6.07) is 12.4. The fourth-order valence-electron chi connectivity index (χ4n) is 3.42. The van der Waals surface area contributed by atoms with E-state index in [0.29, 0.717) is 6.42 Å². The number of aromatic nitrogens is 1. The number of alkyl carbamates (subject to hydrolysis) is 1. The second-order valence-corrected chi connectivity index (χ2v) is 10.1. The molecular formula is C27H38N4O5. The molecule has 2 rings (SSSR count). The second kappa shape index (κ2) is 13.6. The van der Waals surface area contributed by atoms with Gasteiger partial charge in [0, 0.05) is 24.8 Å². The third-order valence-corrected chi connectivity index (χ3v) is 5.01. The van der Waals surface area contributed by atoms with Gasteiger partial charge in [0.05, 0.1) is 18.2 Å². The molecule has 9 heteroatoms. The molecule has 0 radical (unpaired) electrons. The van der Waals surface area contributed by atoms with Crippen LogP contribution in [0.15, 0.2) is 48.7 Å². The molecule has 36 heavy (non-hydrogen) atoms. The van der Waals surface area contributed by atoms with Crippen LogP contribution in [0, 0.1) is 5.92 Å². The number of rotatable bonds is 11. The number of amides is 3. The van der Waals surface area contributed by atoms with E-state index in [1.807, 2.05) is 56.3 Å². The number of hydrogen-bond donors (Lipinski definition) is 4. The number of nitrogens with one attached hydrogen (secondary N) is 3. The largest absolute Gasteiger partial charge is 0.444 e. The first-order valence-corrected chi connectivity index (χ1v) is 12.1. The lowest BCUT2D eigenvalue weighted by atomic mass is 10.0. The maximum absolute atomic E-state index is 12.6. The van der Waals surface area contributed by atoms with Gasteiger partial charge in [0.2, 0.25) is 11.8 Å². The van der Waals surface area contributed by atoms with E-state index in [9.17, 15) is 19.5 Å². The molecular weight excluding hydrogens is 460 g/mol. The Kier molecular flexibility index (Phi) is 10.9. The van der Waals surface area contributed by atoms with Gasteiger partial charge in [-0.25, -0.2) is 4.79 Å². The Bertz CT molecular complexity index is 1000. The Labute approximate surface area is 213 Å². The zero-order valence-corrected chi connectivity index (χ0v) is 21.7. The number of nitrogens with zero attached hydrogens (tertiary/aromatic N) is 1. The van der Waals surface area contributed by atoms with Crippen LogP contribution in [0.4, 0.5) is 4.79 Å². The van der Waals surface area contributed by atoms with E-state index < -0.39 is 29.7 Å². The van der Waals surface area contributed by atoms with Crippen molar-refractivity contribution >= 4 is 17.9 Å². The Morgan fingerprint density at radius 3 is 2.39 bits per heavy atom. The fraction of sp³-hybridized carbons (Fsp3) is 0.481. The predicted molar refractivity (Wildman–Crippen MR) is 138 cm³/mol. The quantitative estimate of drug-likeness (QED) is 0.377. The molecule has 0 spiro atoms. The minimum Gasteiger partial charge on any atom is -0.444 e. The molecule has 2 atom stereocenters. The SMILES string of the molecule is CC(C)C[C@H](NC(=O)OC(C)(C)C)C(=O)NCC(O)CNC(=O)Cc1cccc(-c2ccccn2)c1. The summed E-state index contributed by atoms with van der Waals surface area (Å²) in [6.07, 6.45) is 0.612. The van der Waals surface area contributed by atoms with Gasteiger partial charge in [-0.3, -0.25) is 14.6 Å². The molecule has 2 aromatic rings. The van der Waals surface area contributed by atoms with E-state index >= 15 is 0 Å². The molecule has 1 aromatic heterocycles. The van der Waals surface area contributed by atoms with Gasteiger partial charge in [-0.05, 0) is 56.9 Å². The van der Waals surface area contributed by atoms with Crippen LogP contribution < -0.4 is 16.0 Å². The number of aliphatic hydroxyl groups excluding tert-OH is 1. The molecule has 1 unspecified atom stereocenters. The van der Waals surface area contributed by atoms with E-state index in [1.165, 1.54) is 0 Å². The van der Waals surface area contributed by atoms with Crippen LogP contribution in [0.2, 0.25) is 0 Å². The molecule has 0 aliphatic heterocycles. The molecule has 1 aromatic carbocycles. The minimum absolute atomic E-state index is 0.0204. The Morgan fingerprint density at radius 1 is 1.03 bits per heavy atom. The van der Waals surface area contributed by atoms with Gasteiger partial charge in [0.25, 0.3) is 0 Å². The summed E-state index contributed by atoms with van der Waals surface area (Å²) < 4.78 is 5.24. The number of hydrogen-bond acceptors (Lipinski definition) is 6. The maximum Gasteiger partial charge on any atom is 0.408 e. The van der Waals surface area contributed by atoms with Crippen molar-refractivity contribution in [3.63, 3.8) is 0 Å². The summed E-state index contributed by atoms with van der Waals surface area (Å²) in [5.41, 5.74) is 1.88. The number of benzene rings is 1. The summed E-state index contributed by atoms with van der Waals surface area (Å²) in [5.74, 6) is -0.523. The van der Waals surface area contributed by atoms with Crippen LogP contribution in [0.3, 0.4) is 0 Å². The minimum atomic E-state index is -0.987. The first kappa shape index (κ1) is 28.8. The summed E-state index contributed by atoms with van der Waals surface area (Å²) in [7, 11) is 0. The lowest BCUT2D eigenvalue weighted by Gasteiger charge is -2.24. The highest BCUT2D eigenvalue weighted by atomic mass is 16.6. The lowest BCUT2D eigenvalue weighted by molar-refractivity contribution is -0.124. The fourth-order valence-corrected chi connectivity index (χ4v) is 3.42. The van der Waals surface area contributed by atoms with E-state index in [1.54, 1.807) is 27.0 Å². The van der Waals surface area contributed by atoms with Crippen molar-refractivity contribution in [3.8, 4) is 11.3 Å². The van der Waals surface area contributed by atoms with Gasteiger partial charge in [0.1, 0.15) is 11.6 Å². The topological polar surface area (TPSA) is 130 Å². The van der Waals surface area contributed by atoms with Gasteiger partial charge in [-0.1, -0.05) is 38.1 Å². The molecule has 0 aliphatic carbocycles. The molecule has 196 valence electrons. The highest BCUT2D eigenvalue weighted by Gasteiger charge is 2.25. The molecule has 4 N–H and O–H groups in total. The normalized spacial score (nSPS) is 13.0. The third kappa shape index (κ3) is 10.9. The third-order valence-electron chi connectivity index (χ3n) is 5.01. The Morgan fingerprint density at radius 2 is 1.75 bits per heavy atom. The van der Waals surface area contributed by atoms with Gasteiger partial charge >= 0.3 is 6.09 Å². The monoisotopic (exact) mass is 498 g/mol. The summed E-state index contributed by atoms with van der Waals surface area (Å²) in [6.45, 7) is 9.01. The van der Waals surface area contributed by atoms with Crippen LogP contribution in [0.25, 0.3) is 11.3 Å². The first-order chi connectivity index (χ1) is 16.9. The lowest BCUT2D eigenvalue weighted by Crippen LogP contribution is -2.50. The molecule has 0 aliphatic rings. The number of carbonyl (C=O) groups excluding carboxylic acids is 3. The highest BCUT2D eigenvalue weighted by molar-refractivity contribution is 5.85. The molecule has 3 amide bonds. The molecule has 0 bridgehead atoms. The standard InChI is InChI=1S/C27H38N4O5/c1-18(2)13-23(31-26(35)36-27(3,4)5)25(34)30-17-21(32)16-29-24(33)15-19-9-8-10-20(14-19)22-11-6-7-12-28-22/h6-12,14,18,21,23,32H,13,15-17H2,1-5H3,(H,29,33)(H,30,34)(H,31,35)/t21?,23-/m0/s1. The number of carbonyl (C=O) groups is 3. The summed E-state index contributed by atoms with van der Waals surface area (Å²) in [4.78, 5) is 41.4. The van der Waals surface area contributed by atoms with Gasteiger partial charge in [-0.2, -0.15) is 0 Å². The smallest absolute Gasteiger partial charge is 0.408 e. The van der Waals surface area contributed by atoms with E-state index in [-0.39, 0.29) is 31.3 Å². The summed E-state index contributed by atoms with van der Waals surface area (Å²) >= 11 is 0. The van der Waals surface area contributed by atoms with Crippen molar-refractivity contribution in [2.75, 3.05) is 13.1 Å². The van der Waals surface area contributed by atoms with Crippen molar-refractivity contribution < 1.29 is 24.2 Å². The van der Waals surface area contributed by atoms with Crippen molar-refractivity contribution in [3.05, 3.63) is 54.2 Å². The maximum atomic E-state index is 12.6.